The van der Waals surface area contributed by atoms with E-state index in [-0.39, 0.29) is 6.09 Å². The van der Waals surface area contributed by atoms with Crippen molar-refractivity contribution >= 4 is 11.9 Å². The number of amides is 1. The van der Waals surface area contributed by atoms with Gasteiger partial charge in [0.25, 0.3) is 0 Å². The molecular formula is C14H21N3O2. The number of rotatable bonds is 1. The minimum absolute atomic E-state index is 0.229. The van der Waals surface area contributed by atoms with E-state index in [0.717, 1.165) is 18.9 Å². The summed E-state index contributed by atoms with van der Waals surface area (Å²) in [5.74, 6) is 0.964. The summed E-state index contributed by atoms with van der Waals surface area (Å²) in [5, 5.41) is 0. The first-order valence-electron chi connectivity index (χ1n) is 6.59. The highest BCUT2D eigenvalue weighted by Gasteiger charge is 2.26. The third kappa shape index (κ3) is 3.84. The van der Waals surface area contributed by atoms with Crippen LogP contribution in [0.5, 0.6) is 0 Å². The van der Waals surface area contributed by atoms with Gasteiger partial charge in [-0.2, -0.15) is 0 Å². The second kappa shape index (κ2) is 5.47. The molecule has 5 nitrogen and oxygen atoms in total. The van der Waals surface area contributed by atoms with Gasteiger partial charge in [-0.05, 0) is 32.9 Å². The van der Waals surface area contributed by atoms with Crippen molar-refractivity contribution in [2.24, 2.45) is 0 Å². The number of piperazine rings is 1. The third-order valence-corrected chi connectivity index (χ3v) is 2.90. The van der Waals surface area contributed by atoms with Crippen molar-refractivity contribution in [3.05, 3.63) is 24.4 Å². The molecule has 0 spiro atoms. The maximum Gasteiger partial charge on any atom is 0.410 e. The largest absolute Gasteiger partial charge is 0.444 e. The third-order valence-electron chi connectivity index (χ3n) is 2.90. The summed E-state index contributed by atoms with van der Waals surface area (Å²) in [6.07, 6.45) is 1.56. The molecule has 1 aromatic rings. The van der Waals surface area contributed by atoms with E-state index in [1.807, 2.05) is 39.0 Å². The number of nitrogens with zero attached hydrogens (tertiary/aromatic N) is 3. The van der Waals surface area contributed by atoms with E-state index in [4.69, 9.17) is 4.74 Å². The molecule has 0 bridgehead atoms. The number of aromatic nitrogens is 1. The van der Waals surface area contributed by atoms with E-state index < -0.39 is 5.60 Å². The van der Waals surface area contributed by atoms with Gasteiger partial charge in [0.15, 0.2) is 0 Å². The Balaban J connectivity index is 1.88. The minimum Gasteiger partial charge on any atom is -0.444 e. The molecule has 1 aliphatic rings. The Hall–Kier alpha value is -1.78. The van der Waals surface area contributed by atoms with Crippen molar-refractivity contribution in [2.75, 3.05) is 31.1 Å². The Morgan fingerprint density at radius 2 is 1.89 bits per heavy atom. The van der Waals surface area contributed by atoms with Gasteiger partial charge in [0.1, 0.15) is 11.4 Å². The molecular weight excluding hydrogens is 242 g/mol. The van der Waals surface area contributed by atoms with Gasteiger partial charge >= 0.3 is 6.09 Å². The first kappa shape index (κ1) is 13.6. The lowest BCUT2D eigenvalue weighted by molar-refractivity contribution is 0.0240. The molecule has 0 aliphatic carbocycles. The molecule has 1 aliphatic heterocycles. The normalized spacial score (nSPS) is 16.4. The fourth-order valence-electron chi connectivity index (χ4n) is 1.99. The molecule has 1 amide bonds. The monoisotopic (exact) mass is 263 g/mol. The number of pyridine rings is 1. The summed E-state index contributed by atoms with van der Waals surface area (Å²) in [4.78, 5) is 20.2. The van der Waals surface area contributed by atoms with Gasteiger partial charge < -0.3 is 14.5 Å². The van der Waals surface area contributed by atoms with Crippen LogP contribution in [0, 0.1) is 0 Å². The van der Waals surface area contributed by atoms with E-state index in [9.17, 15) is 4.79 Å². The van der Waals surface area contributed by atoms with Crippen molar-refractivity contribution in [1.29, 1.82) is 0 Å². The van der Waals surface area contributed by atoms with Gasteiger partial charge in [-0.1, -0.05) is 6.07 Å². The number of carbonyl (C=O) groups excluding carboxylic acids is 1. The Morgan fingerprint density at radius 1 is 1.21 bits per heavy atom. The molecule has 0 unspecified atom stereocenters. The zero-order chi connectivity index (χ0) is 13.9. The lowest BCUT2D eigenvalue weighted by Gasteiger charge is -2.36. The number of hydrogen-bond donors (Lipinski definition) is 0. The molecule has 0 N–H and O–H groups in total. The molecule has 0 atom stereocenters. The average molecular weight is 263 g/mol. The van der Waals surface area contributed by atoms with Crippen LogP contribution in [-0.4, -0.2) is 47.8 Å². The first-order chi connectivity index (χ1) is 8.96. The summed E-state index contributed by atoms with van der Waals surface area (Å²) in [7, 11) is 0. The van der Waals surface area contributed by atoms with Crippen molar-refractivity contribution in [2.45, 2.75) is 26.4 Å². The van der Waals surface area contributed by atoms with Crippen molar-refractivity contribution in [1.82, 2.24) is 9.88 Å². The molecule has 1 fully saturated rings. The van der Waals surface area contributed by atoms with Gasteiger partial charge in [0.05, 0.1) is 0 Å². The Kier molecular flexibility index (Phi) is 3.93. The van der Waals surface area contributed by atoms with Crippen LogP contribution in [-0.2, 0) is 4.74 Å². The lowest BCUT2D eigenvalue weighted by Crippen LogP contribution is -2.50. The molecule has 2 heterocycles. The van der Waals surface area contributed by atoms with Crippen LogP contribution in [0.1, 0.15) is 20.8 Å². The molecule has 0 saturated carbocycles. The standard InChI is InChI=1S/C14H21N3O2/c1-14(2,3)19-13(18)17-10-8-16(9-11-17)12-6-4-5-7-15-12/h4-7H,8-11H2,1-3H3. The fourth-order valence-corrected chi connectivity index (χ4v) is 1.99. The molecule has 1 saturated heterocycles. The van der Waals surface area contributed by atoms with E-state index in [0.29, 0.717) is 13.1 Å². The van der Waals surface area contributed by atoms with Gasteiger partial charge in [-0.3, -0.25) is 0 Å². The summed E-state index contributed by atoms with van der Waals surface area (Å²) in [6, 6.07) is 5.87. The van der Waals surface area contributed by atoms with Crippen LogP contribution < -0.4 is 4.90 Å². The molecule has 19 heavy (non-hydrogen) atoms. The predicted molar refractivity (Wildman–Crippen MR) is 74.3 cm³/mol. The summed E-state index contributed by atoms with van der Waals surface area (Å²) in [6.45, 7) is 8.57. The van der Waals surface area contributed by atoms with Crippen LogP contribution in [0.15, 0.2) is 24.4 Å². The summed E-state index contributed by atoms with van der Waals surface area (Å²) >= 11 is 0. The van der Waals surface area contributed by atoms with Gasteiger partial charge in [-0.15, -0.1) is 0 Å². The highest BCUT2D eigenvalue weighted by atomic mass is 16.6. The quantitative estimate of drug-likeness (QED) is 0.778. The molecule has 0 radical (unpaired) electrons. The average Bonchev–Trinajstić information content (AvgIpc) is 2.38. The second-order valence-electron chi connectivity index (χ2n) is 5.64. The van der Waals surface area contributed by atoms with E-state index in [1.165, 1.54) is 0 Å². The number of anilines is 1. The van der Waals surface area contributed by atoms with Crippen LogP contribution >= 0.6 is 0 Å². The van der Waals surface area contributed by atoms with Gasteiger partial charge in [-0.25, -0.2) is 9.78 Å². The van der Waals surface area contributed by atoms with Crippen LogP contribution in [0.4, 0.5) is 10.6 Å². The highest BCUT2D eigenvalue weighted by Crippen LogP contribution is 2.15. The van der Waals surface area contributed by atoms with Crippen molar-refractivity contribution in [3.8, 4) is 0 Å². The predicted octanol–water partition coefficient (Wildman–Crippen LogP) is 2.14. The van der Waals surface area contributed by atoms with Gasteiger partial charge in [0.2, 0.25) is 0 Å². The Bertz CT molecular complexity index is 420. The lowest BCUT2D eigenvalue weighted by atomic mass is 10.2. The summed E-state index contributed by atoms with van der Waals surface area (Å²) < 4.78 is 5.37. The Labute approximate surface area is 114 Å². The minimum atomic E-state index is -0.435. The van der Waals surface area contributed by atoms with Crippen molar-refractivity contribution < 1.29 is 9.53 Å². The molecule has 2 rings (SSSR count). The fraction of sp³-hybridized carbons (Fsp3) is 0.571. The van der Waals surface area contributed by atoms with Gasteiger partial charge in [0, 0.05) is 32.4 Å². The van der Waals surface area contributed by atoms with Crippen LogP contribution in [0.25, 0.3) is 0 Å². The van der Waals surface area contributed by atoms with E-state index >= 15 is 0 Å². The van der Waals surface area contributed by atoms with Crippen LogP contribution in [0.3, 0.4) is 0 Å². The zero-order valence-electron chi connectivity index (χ0n) is 11.8. The summed E-state index contributed by atoms with van der Waals surface area (Å²) in [5.41, 5.74) is -0.435. The molecule has 0 aromatic carbocycles. The smallest absolute Gasteiger partial charge is 0.410 e. The zero-order valence-corrected chi connectivity index (χ0v) is 11.8. The second-order valence-corrected chi connectivity index (χ2v) is 5.64. The van der Waals surface area contributed by atoms with E-state index in [2.05, 4.69) is 9.88 Å². The molecule has 5 heteroatoms. The highest BCUT2D eigenvalue weighted by molar-refractivity contribution is 5.68. The van der Waals surface area contributed by atoms with E-state index in [1.54, 1.807) is 11.1 Å². The SMILES string of the molecule is CC(C)(C)OC(=O)N1CCN(c2ccccn2)CC1. The number of hydrogen-bond acceptors (Lipinski definition) is 4. The first-order valence-corrected chi connectivity index (χ1v) is 6.59. The number of carbonyl (C=O) groups is 1. The Morgan fingerprint density at radius 3 is 2.42 bits per heavy atom. The molecule has 1 aromatic heterocycles. The molecule has 104 valence electrons. The maximum atomic E-state index is 11.9. The van der Waals surface area contributed by atoms with Crippen molar-refractivity contribution in [3.63, 3.8) is 0 Å². The topological polar surface area (TPSA) is 45.7 Å². The maximum absolute atomic E-state index is 11.9. The van der Waals surface area contributed by atoms with Crippen LogP contribution in [0.2, 0.25) is 0 Å². The number of ether oxygens (including phenoxy) is 1.